The topological polar surface area (TPSA) is 61.9 Å². The molecule has 2 fully saturated rings. The van der Waals surface area contributed by atoms with E-state index in [2.05, 4.69) is 5.32 Å². The Morgan fingerprint density at radius 2 is 1.95 bits per heavy atom. The molecule has 0 spiro atoms. The molecule has 126 valence electrons. The third-order valence-electron chi connectivity index (χ3n) is 4.86. The molecule has 2 aliphatic rings. The zero-order valence-corrected chi connectivity index (χ0v) is 14.0. The van der Waals surface area contributed by atoms with Crippen molar-refractivity contribution in [3.63, 3.8) is 0 Å². The molecule has 1 aliphatic heterocycles. The van der Waals surface area contributed by atoms with Crippen molar-refractivity contribution in [2.75, 3.05) is 40.9 Å². The average Bonchev–Trinajstić information content (AvgIpc) is 2.94. The molecule has 1 saturated carbocycles. The van der Waals surface area contributed by atoms with Crippen LogP contribution < -0.4 is 5.32 Å². The smallest absolute Gasteiger partial charge is 0.241 e. The first-order valence-corrected chi connectivity index (χ1v) is 8.27. The molecule has 6 nitrogen and oxygen atoms in total. The number of carbonyl (C=O) groups is 2. The highest BCUT2D eigenvalue weighted by atomic mass is 16.5. The summed E-state index contributed by atoms with van der Waals surface area (Å²) in [6.45, 7) is 1.04. The molecule has 1 N–H and O–H groups in total. The summed E-state index contributed by atoms with van der Waals surface area (Å²) in [7, 11) is 5.03. The lowest BCUT2D eigenvalue weighted by molar-refractivity contribution is -0.140. The average molecular weight is 311 g/mol. The number of hydrogen-bond donors (Lipinski definition) is 1. The van der Waals surface area contributed by atoms with Crippen molar-refractivity contribution in [1.29, 1.82) is 0 Å². The fraction of sp³-hybridized carbons (Fsp3) is 0.875. The van der Waals surface area contributed by atoms with E-state index in [1.165, 1.54) is 30.6 Å². The Labute approximate surface area is 133 Å². The number of hydrogen-bond acceptors (Lipinski definition) is 4. The molecule has 1 saturated heterocycles. The van der Waals surface area contributed by atoms with E-state index >= 15 is 0 Å². The molecule has 2 rings (SSSR count). The van der Waals surface area contributed by atoms with Crippen molar-refractivity contribution in [3.8, 4) is 0 Å². The molecule has 2 amide bonds. The number of fused-ring (bicyclic) bond motifs is 1. The zero-order chi connectivity index (χ0) is 16.1. The maximum absolute atomic E-state index is 12.8. The Morgan fingerprint density at radius 1 is 1.23 bits per heavy atom. The molecule has 6 heteroatoms. The van der Waals surface area contributed by atoms with Crippen LogP contribution in [-0.2, 0) is 14.3 Å². The molecular weight excluding hydrogens is 282 g/mol. The van der Waals surface area contributed by atoms with E-state index in [9.17, 15) is 9.59 Å². The highest BCUT2D eigenvalue weighted by Crippen LogP contribution is 2.33. The normalized spacial score (nSPS) is 27.3. The summed E-state index contributed by atoms with van der Waals surface area (Å²) in [4.78, 5) is 27.9. The van der Waals surface area contributed by atoms with E-state index in [1.54, 1.807) is 26.1 Å². The van der Waals surface area contributed by atoms with Gasteiger partial charge in [-0.2, -0.15) is 0 Å². The van der Waals surface area contributed by atoms with Gasteiger partial charge in [0.05, 0.1) is 19.2 Å². The van der Waals surface area contributed by atoms with Crippen molar-refractivity contribution in [1.82, 2.24) is 15.1 Å². The molecule has 0 radical (unpaired) electrons. The Balaban J connectivity index is 1.97. The Morgan fingerprint density at radius 3 is 2.59 bits per heavy atom. The summed E-state index contributed by atoms with van der Waals surface area (Å²) in [6, 6.07) is 0.344. The fourth-order valence-corrected chi connectivity index (χ4v) is 3.50. The summed E-state index contributed by atoms with van der Waals surface area (Å²) in [6.07, 6.45) is 5.82. The van der Waals surface area contributed by atoms with Gasteiger partial charge in [0.1, 0.15) is 0 Å². The number of nitrogens with zero attached hydrogens (tertiary/aromatic N) is 2. The minimum atomic E-state index is -0.139. The van der Waals surface area contributed by atoms with Gasteiger partial charge in [-0.15, -0.1) is 0 Å². The first kappa shape index (κ1) is 17.2. The Bertz CT molecular complexity index is 386. The summed E-state index contributed by atoms with van der Waals surface area (Å²) in [5.74, 6) is 0.609. The second-order valence-corrected chi connectivity index (χ2v) is 6.65. The lowest BCUT2D eigenvalue weighted by Crippen LogP contribution is -2.49. The van der Waals surface area contributed by atoms with Gasteiger partial charge in [0, 0.05) is 33.8 Å². The van der Waals surface area contributed by atoms with E-state index < -0.39 is 0 Å². The number of amides is 2. The third-order valence-corrected chi connectivity index (χ3v) is 4.86. The number of methoxy groups -OCH3 is 1. The largest absolute Gasteiger partial charge is 0.383 e. The van der Waals surface area contributed by atoms with Crippen molar-refractivity contribution in [2.24, 2.45) is 5.92 Å². The van der Waals surface area contributed by atoms with Crippen molar-refractivity contribution < 1.29 is 14.3 Å². The quantitative estimate of drug-likeness (QED) is 0.775. The van der Waals surface area contributed by atoms with Gasteiger partial charge in [0.25, 0.3) is 0 Å². The van der Waals surface area contributed by atoms with Gasteiger partial charge in [0.2, 0.25) is 11.8 Å². The van der Waals surface area contributed by atoms with Crippen LogP contribution in [0.4, 0.5) is 0 Å². The van der Waals surface area contributed by atoms with Crippen LogP contribution in [-0.4, -0.2) is 74.6 Å². The standard InChI is InChI=1S/C16H29N3O3/c1-18(2)15(20)11-19(8-9-22-3)16(21)14-10-12-6-4-5-7-13(12)17-14/h12-14,17H,4-11H2,1-3H3. The number of carbonyl (C=O) groups excluding carboxylic acids is 2. The van der Waals surface area contributed by atoms with E-state index in [0.29, 0.717) is 25.1 Å². The zero-order valence-electron chi connectivity index (χ0n) is 14.0. The molecule has 0 bridgehead atoms. The molecule has 3 unspecified atom stereocenters. The monoisotopic (exact) mass is 311 g/mol. The molecule has 0 aromatic heterocycles. The minimum Gasteiger partial charge on any atom is -0.383 e. The van der Waals surface area contributed by atoms with Gasteiger partial charge >= 0.3 is 0 Å². The van der Waals surface area contributed by atoms with Crippen molar-refractivity contribution in [2.45, 2.75) is 44.2 Å². The summed E-state index contributed by atoms with van der Waals surface area (Å²) < 4.78 is 5.08. The number of ether oxygens (including phenoxy) is 1. The van der Waals surface area contributed by atoms with Crippen molar-refractivity contribution >= 4 is 11.8 Å². The molecule has 0 aromatic carbocycles. The van der Waals surface area contributed by atoms with Gasteiger partial charge in [-0.1, -0.05) is 12.8 Å². The second kappa shape index (κ2) is 7.92. The molecule has 3 atom stereocenters. The third kappa shape index (κ3) is 4.20. The Hall–Kier alpha value is -1.14. The molecule has 1 heterocycles. The van der Waals surface area contributed by atoms with Crippen LogP contribution in [0.5, 0.6) is 0 Å². The van der Waals surface area contributed by atoms with E-state index in [-0.39, 0.29) is 24.4 Å². The summed E-state index contributed by atoms with van der Waals surface area (Å²) in [5.41, 5.74) is 0. The predicted octanol–water partition coefficient (Wildman–Crippen LogP) is 0.470. The van der Waals surface area contributed by atoms with Crippen LogP contribution in [0.25, 0.3) is 0 Å². The van der Waals surface area contributed by atoms with Crippen LogP contribution in [0.2, 0.25) is 0 Å². The van der Waals surface area contributed by atoms with Crippen LogP contribution >= 0.6 is 0 Å². The maximum atomic E-state index is 12.8. The van der Waals surface area contributed by atoms with E-state index in [1.807, 2.05) is 0 Å². The Kier molecular flexibility index (Phi) is 6.20. The van der Waals surface area contributed by atoms with Gasteiger partial charge in [-0.25, -0.2) is 0 Å². The first-order chi connectivity index (χ1) is 10.5. The van der Waals surface area contributed by atoms with Crippen LogP contribution in [0, 0.1) is 5.92 Å². The molecule has 0 aromatic rings. The molecule has 22 heavy (non-hydrogen) atoms. The lowest BCUT2D eigenvalue weighted by Gasteiger charge is -2.26. The predicted molar refractivity (Wildman–Crippen MR) is 84.4 cm³/mol. The number of nitrogens with one attached hydrogen (secondary N) is 1. The lowest BCUT2D eigenvalue weighted by atomic mass is 9.85. The van der Waals surface area contributed by atoms with Gasteiger partial charge in [-0.3, -0.25) is 9.59 Å². The van der Waals surface area contributed by atoms with Crippen LogP contribution in [0.15, 0.2) is 0 Å². The van der Waals surface area contributed by atoms with Crippen LogP contribution in [0.1, 0.15) is 32.1 Å². The summed E-state index contributed by atoms with van der Waals surface area (Å²) in [5, 5.41) is 3.50. The van der Waals surface area contributed by atoms with Crippen LogP contribution in [0.3, 0.4) is 0 Å². The molecule has 1 aliphatic carbocycles. The van der Waals surface area contributed by atoms with Gasteiger partial charge in [-0.05, 0) is 25.2 Å². The highest BCUT2D eigenvalue weighted by Gasteiger charge is 2.39. The van der Waals surface area contributed by atoms with Crippen molar-refractivity contribution in [3.05, 3.63) is 0 Å². The maximum Gasteiger partial charge on any atom is 0.241 e. The number of rotatable bonds is 6. The van der Waals surface area contributed by atoms with E-state index in [4.69, 9.17) is 4.74 Å². The SMILES string of the molecule is COCCN(CC(=O)N(C)C)C(=O)C1CC2CCCCC2N1. The first-order valence-electron chi connectivity index (χ1n) is 8.27. The second-order valence-electron chi connectivity index (χ2n) is 6.65. The van der Waals surface area contributed by atoms with E-state index in [0.717, 1.165) is 6.42 Å². The molecular formula is C16H29N3O3. The van der Waals surface area contributed by atoms with Gasteiger partial charge < -0.3 is 19.9 Å². The fourth-order valence-electron chi connectivity index (χ4n) is 3.50. The number of likely N-dealkylation sites (N-methyl/N-ethyl adjacent to an activating group) is 1. The summed E-state index contributed by atoms with van der Waals surface area (Å²) >= 11 is 0. The van der Waals surface area contributed by atoms with Gasteiger partial charge in [0.15, 0.2) is 0 Å². The minimum absolute atomic E-state index is 0.0432. The highest BCUT2D eigenvalue weighted by molar-refractivity contribution is 5.87.